The molecule has 4 rings (SSSR count). The molecule has 0 radical (unpaired) electrons. The Morgan fingerprint density at radius 3 is 2.66 bits per heavy atom. The van der Waals surface area contributed by atoms with E-state index in [4.69, 9.17) is 0 Å². The zero-order valence-electron chi connectivity index (χ0n) is 16.4. The average Bonchev–Trinajstić information content (AvgIpc) is 3.44. The summed E-state index contributed by atoms with van der Waals surface area (Å²) < 4.78 is 6.15. The van der Waals surface area contributed by atoms with Gasteiger partial charge < -0.3 is 5.32 Å². The summed E-state index contributed by atoms with van der Waals surface area (Å²) in [4.78, 5) is 17.1. The van der Waals surface area contributed by atoms with Crippen LogP contribution >= 0.6 is 15.9 Å². The van der Waals surface area contributed by atoms with Crippen molar-refractivity contribution in [2.45, 2.75) is 39.9 Å². The van der Waals surface area contributed by atoms with Crippen LogP contribution in [0.2, 0.25) is 0 Å². The quantitative estimate of drug-likeness (QED) is 0.480. The lowest BCUT2D eigenvalue weighted by Crippen LogP contribution is -2.27. The van der Waals surface area contributed by atoms with Crippen molar-refractivity contribution in [3.63, 3.8) is 0 Å². The summed E-state index contributed by atoms with van der Waals surface area (Å²) >= 11 is 3.55. The normalized spacial score (nSPS) is 12.4. The summed E-state index contributed by atoms with van der Waals surface area (Å²) in [5.74, 6) is -0.279. The van der Waals surface area contributed by atoms with Gasteiger partial charge in [-0.15, -0.1) is 0 Å². The van der Waals surface area contributed by atoms with Gasteiger partial charge in [0.15, 0.2) is 11.3 Å². The van der Waals surface area contributed by atoms with Gasteiger partial charge in [0.2, 0.25) is 0 Å². The first-order chi connectivity index (χ1) is 14.0. The van der Waals surface area contributed by atoms with Crippen LogP contribution in [0.3, 0.4) is 0 Å². The van der Waals surface area contributed by atoms with Crippen molar-refractivity contribution in [3.05, 3.63) is 52.7 Å². The third kappa shape index (κ3) is 3.67. The Kier molecular flexibility index (Phi) is 5.18. The van der Waals surface area contributed by atoms with Gasteiger partial charge in [0.1, 0.15) is 5.69 Å². The Morgan fingerprint density at radius 1 is 1.17 bits per heavy atom. The molecule has 0 spiro atoms. The maximum Gasteiger partial charge on any atom is 0.272 e. The predicted molar refractivity (Wildman–Crippen MR) is 111 cm³/mol. The predicted octanol–water partition coefficient (Wildman–Crippen LogP) is 3.08. The number of aromatic nitrogens is 7. The monoisotopic (exact) mass is 456 g/mol. The molecule has 0 aliphatic heterocycles. The first-order valence-corrected chi connectivity index (χ1v) is 10.2. The number of nitrogens with zero attached hydrogens (tertiary/aromatic N) is 7. The molecule has 10 heteroatoms. The second kappa shape index (κ2) is 7.78. The molecule has 0 aliphatic carbocycles. The summed E-state index contributed by atoms with van der Waals surface area (Å²) in [7, 11) is 0. The Bertz CT molecular complexity index is 1170. The molecule has 0 saturated carbocycles. The van der Waals surface area contributed by atoms with Crippen LogP contribution in [0.4, 0.5) is 0 Å². The molecule has 4 aromatic heterocycles. The number of hydrogen-bond donors (Lipinski definition) is 1. The number of carbonyl (C=O) groups excluding carboxylic acids is 1. The van der Waals surface area contributed by atoms with Crippen LogP contribution in [0, 0.1) is 0 Å². The highest BCUT2D eigenvalue weighted by molar-refractivity contribution is 9.10. The number of rotatable bonds is 6. The molecule has 0 aromatic carbocycles. The summed E-state index contributed by atoms with van der Waals surface area (Å²) in [6.45, 7) is 7.47. The van der Waals surface area contributed by atoms with Crippen molar-refractivity contribution in [3.8, 4) is 11.4 Å². The van der Waals surface area contributed by atoms with Gasteiger partial charge >= 0.3 is 0 Å². The fourth-order valence-electron chi connectivity index (χ4n) is 3.05. The number of aryl methyl sites for hydroxylation is 2. The Hall–Kier alpha value is -3.01. The lowest BCUT2D eigenvalue weighted by Gasteiger charge is -2.10. The molecule has 0 fully saturated rings. The van der Waals surface area contributed by atoms with Gasteiger partial charge in [0.25, 0.3) is 5.91 Å². The van der Waals surface area contributed by atoms with Crippen molar-refractivity contribution in [1.29, 1.82) is 0 Å². The van der Waals surface area contributed by atoms with Crippen LogP contribution in [-0.4, -0.2) is 40.1 Å². The zero-order chi connectivity index (χ0) is 20.5. The minimum Gasteiger partial charge on any atom is -0.342 e. The van der Waals surface area contributed by atoms with Crippen molar-refractivity contribution in [2.24, 2.45) is 0 Å². The molecule has 1 N–H and O–H groups in total. The molecule has 0 saturated heterocycles. The average molecular weight is 457 g/mol. The summed E-state index contributed by atoms with van der Waals surface area (Å²) in [5.41, 5.74) is 3.17. The molecule has 9 nitrogen and oxygen atoms in total. The molecule has 4 heterocycles. The number of amides is 1. The number of hydrogen-bond acceptors (Lipinski definition) is 5. The molecule has 0 bridgehead atoms. The Balaban J connectivity index is 1.63. The fourth-order valence-corrected chi connectivity index (χ4v) is 3.57. The number of carbonyl (C=O) groups is 1. The fraction of sp³-hybridized carbons (Fsp3) is 0.316. The van der Waals surface area contributed by atoms with Crippen molar-refractivity contribution in [2.75, 3.05) is 0 Å². The van der Waals surface area contributed by atoms with Gasteiger partial charge in [-0.05, 0) is 48.8 Å². The van der Waals surface area contributed by atoms with Gasteiger partial charge in [-0.2, -0.15) is 15.3 Å². The molecule has 29 heavy (non-hydrogen) atoms. The van der Waals surface area contributed by atoms with E-state index in [2.05, 4.69) is 41.5 Å². The third-order valence-corrected chi connectivity index (χ3v) is 5.23. The third-order valence-electron chi connectivity index (χ3n) is 4.65. The highest BCUT2D eigenvalue weighted by Gasteiger charge is 2.19. The topological polar surface area (TPSA) is 94.9 Å². The van der Waals surface area contributed by atoms with Crippen molar-refractivity contribution in [1.82, 2.24) is 39.5 Å². The minimum atomic E-state index is -0.279. The van der Waals surface area contributed by atoms with E-state index in [0.717, 1.165) is 34.6 Å². The highest BCUT2D eigenvalue weighted by atomic mass is 79.9. The molecule has 150 valence electrons. The molecular weight excluding hydrogens is 436 g/mol. The van der Waals surface area contributed by atoms with Gasteiger partial charge in [-0.25, -0.2) is 9.50 Å². The molecule has 1 atom stereocenters. The summed E-state index contributed by atoms with van der Waals surface area (Å²) in [6.07, 6.45) is 5.49. The van der Waals surface area contributed by atoms with Gasteiger partial charge in [0.05, 0.1) is 21.9 Å². The van der Waals surface area contributed by atoms with E-state index < -0.39 is 0 Å². The van der Waals surface area contributed by atoms with E-state index in [1.54, 1.807) is 16.8 Å². The van der Waals surface area contributed by atoms with Crippen molar-refractivity contribution < 1.29 is 4.79 Å². The van der Waals surface area contributed by atoms with Gasteiger partial charge in [-0.1, -0.05) is 0 Å². The van der Waals surface area contributed by atoms with E-state index in [1.165, 1.54) is 0 Å². The number of halogens is 1. The molecule has 1 amide bonds. The van der Waals surface area contributed by atoms with Crippen molar-refractivity contribution >= 4 is 27.5 Å². The van der Waals surface area contributed by atoms with Gasteiger partial charge in [-0.3, -0.25) is 14.2 Å². The standard InChI is InChI=1S/C19H21BrN8O/c1-4-26-9-7-14(23-26)12(3)22-19(29)15-10-17-21-8-6-16(28(17)24-15)18-13(20)11-27(5-2)25-18/h6-12H,4-5H2,1-3H3,(H,22,29). The molecule has 1 unspecified atom stereocenters. The maximum absolute atomic E-state index is 12.8. The van der Waals surface area contributed by atoms with Crippen LogP contribution in [-0.2, 0) is 13.1 Å². The maximum atomic E-state index is 12.8. The molecule has 0 aliphatic rings. The smallest absolute Gasteiger partial charge is 0.272 e. The van der Waals surface area contributed by atoms with Crippen LogP contribution in [0.15, 0.2) is 41.3 Å². The van der Waals surface area contributed by atoms with E-state index >= 15 is 0 Å². The van der Waals surface area contributed by atoms with E-state index in [0.29, 0.717) is 5.65 Å². The number of nitrogens with one attached hydrogen (secondary N) is 1. The molecule has 4 aromatic rings. The largest absolute Gasteiger partial charge is 0.342 e. The van der Waals surface area contributed by atoms with Crippen LogP contribution in [0.25, 0.3) is 17.0 Å². The van der Waals surface area contributed by atoms with Crippen LogP contribution in [0.5, 0.6) is 0 Å². The first-order valence-electron chi connectivity index (χ1n) is 9.42. The lowest BCUT2D eigenvalue weighted by atomic mass is 10.2. The Labute approximate surface area is 175 Å². The molecular formula is C19H21BrN8O. The minimum absolute atomic E-state index is 0.234. The number of fused-ring (bicyclic) bond motifs is 1. The van der Waals surface area contributed by atoms with E-state index in [1.807, 2.05) is 54.7 Å². The summed E-state index contributed by atoms with van der Waals surface area (Å²) in [6, 6.07) is 5.16. The van der Waals surface area contributed by atoms with Crippen LogP contribution in [0.1, 0.15) is 43.0 Å². The first kappa shape index (κ1) is 19.3. The Morgan fingerprint density at radius 2 is 1.97 bits per heavy atom. The zero-order valence-corrected chi connectivity index (χ0v) is 18.0. The van der Waals surface area contributed by atoms with Crippen LogP contribution < -0.4 is 5.32 Å². The second-order valence-corrected chi connectivity index (χ2v) is 7.46. The second-order valence-electron chi connectivity index (χ2n) is 6.60. The van der Waals surface area contributed by atoms with Gasteiger partial charge in [0, 0.05) is 37.7 Å². The SMILES string of the molecule is CCn1ccc(C(C)NC(=O)c2cc3nccc(-c4nn(CC)cc4Br)n3n2)n1. The van der Waals surface area contributed by atoms with E-state index in [-0.39, 0.29) is 17.6 Å². The highest BCUT2D eigenvalue weighted by Crippen LogP contribution is 2.27. The van der Waals surface area contributed by atoms with E-state index in [9.17, 15) is 4.79 Å². The lowest BCUT2D eigenvalue weighted by molar-refractivity contribution is 0.0933. The summed E-state index contributed by atoms with van der Waals surface area (Å²) in [5, 5.41) is 16.4.